The first kappa shape index (κ1) is 15.7. The predicted molar refractivity (Wildman–Crippen MR) is 83.3 cm³/mol. The van der Waals surface area contributed by atoms with Crippen molar-refractivity contribution in [3.8, 4) is 0 Å². The standard InChI is InChI=1S/C15H25N5O/c1-12-8-17-15(18-9-12)19(3)10-13-4-6-20(7-5-13)11-14(21)16-2/h8-9,13H,4-7,10-11H2,1-3H3,(H,16,21). The number of aromatic nitrogens is 2. The van der Waals surface area contributed by atoms with Crippen LogP contribution in [0, 0.1) is 12.8 Å². The Bertz CT molecular complexity index is 454. The molecule has 0 unspecified atom stereocenters. The Kier molecular flexibility index (Phi) is 5.50. The summed E-state index contributed by atoms with van der Waals surface area (Å²) >= 11 is 0. The van der Waals surface area contributed by atoms with Crippen LogP contribution in [0.2, 0.25) is 0 Å². The van der Waals surface area contributed by atoms with E-state index < -0.39 is 0 Å². The summed E-state index contributed by atoms with van der Waals surface area (Å²) in [6, 6.07) is 0. The van der Waals surface area contributed by atoms with Crippen LogP contribution in [-0.2, 0) is 4.79 Å². The fourth-order valence-electron chi connectivity index (χ4n) is 2.66. The van der Waals surface area contributed by atoms with Crippen molar-refractivity contribution in [3.63, 3.8) is 0 Å². The molecule has 1 aromatic heterocycles. The molecule has 0 spiro atoms. The van der Waals surface area contributed by atoms with Crippen LogP contribution in [0.5, 0.6) is 0 Å². The van der Waals surface area contributed by atoms with Crippen LogP contribution in [0.15, 0.2) is 12.4 Å². The Morgan fingerprint density at radius 1 is 1.38 bits per heavy atom. The zero-order valence-electron chi connectivity index (χ0n) is 13.2. The van der Waals surface area contributed by atoms with Gasteiger partial charge in [0.15, 0.2) is 0 Å². The molecule has 0 saturated carbocycles. The molecule has 0 bridgehead atoms. The fourth-order valence-corrected chi connectivity index (χ4v) is 2.66. The first-order valence-electron chi connectivity index (χ1n) is 7.51. The molecule has 1 N–H and O–H groups in total. The minimum absolute atomic E-state index is 0.0959. The smallest absolute Gasteiger partial charge is 0.233 e. The van der Waals surface area contributed by atoms with Gasteiger partial charge in [-0.1, -0.05) is 0 Å². The molecule has 21 heavy (non-hydrogen) atoms. The summed E-state index contributed by atoms with van der Waals surface area (Å²) in [5.74, 6) is 1.52. The Morgan fingerprint density at radius 3 is 2.57 bits per heavy atom. The molecule has 1 fully saturated rings. The molecule has 6 heteroatoms. The van der Waals surface area contributed by atoms with Crippen molar-refractivity contribution in [1.82, 2.24) is 20.2 Å². The topological polar surface area (TPSA) is 61.4 Å². The van der Waals surface area contributed by atoms with E-state index in [4.69, 9.17) is 0 Å². The average molecular weight is 291 g/mol. The van der Waals surface area contributed by atoms with Crippen molar-refractivity contribution >= 4 is 11.9 Å². The van der Waals surface area contributed by atoms with Crippen LogP contribution >= 0.6 is 0 Å². The zero-order chi connectivity index (χ0) is 15.2. The maximum atomic E-state index is 11.4. The molecule has 6 nitrogen and oxygen atoms in total. The van der Waals surface area contributed by atoms with Gasteiger partial charge in [-0.05, 0) is 44.3 Å². The number of aryl methyl sites for hydroxylation is 1. The number of anilines is 1. The van der Waals surface area contributed by atoms with Crippen molar-refractivity contribution in [1.29, 1.82) is 0 Å². The third kappa shape index (κ3) is 4.67. The highest BCUT2D eigenvalue weighted by Gasteiger charge is 2.22. The number of hydrogen-bond acceptors (Lipinski definition) is 5. The first-order chi connectivity index (χ1) is 10.1. The van der Waals surface area contributed by atoms with E-state index in [1.165, 1.54) is 0 Å². The molecule has 0 aromatic carbocycles. The van der Waals surface area contributed by atoms with E-state index >= 15 is 0 Å². The fraction of sp³-hybridized carbons (Fsp3) is 0.667. The van der Waals surface area contributed by atoms with Gasteiger partial charge < -0.3 is 10.2 Å². The molecular formula is C15H25N5O. The highest BCUT2D eigenvalue weighted by molar-refractivity contribution is 5.77. The lowest BCUT2D eigenvalue weighted by Crippen LogP contribution is -2.42. The van der Waals surface area contributed by atoms with Crippen LogP contribution in [0.3, 0.4) is 0 Å². The number of hydrogen-bond donors (Lipinski definition) is 1. The van der Waals surface area contributed by atoms with Crippen LogP contribution in [-0.4, -0.2) is 61.0 Å². The predicted octanol–water partition coefficient (Wildman–Crippen LogP) is 0.679. The second kappa shape index (κ2) is 7.36. The summed E-state index contributed by atoms with van der Waals surface area (Å²) in [4.78, 5) is 24.4. The molecule has 1 amide bonds. The van der Waals surface area contributed by atoms with Gasteiger partial charge in [-0.2, -0.15) is 0 Å². The van der Waals surface area contributed by atoms with Gasteiger partial charge in [0.1, 0.15) is 0 Å². The maximum absolute atomic E-state index is 11.4. The lowest BCUT2D eigenvalue weighted by molar-refractivity contribution is -0.122. The van der Waals surface area contributed by atoms with Crippen molar-refractivity contribution in [2.75, 3.05) is 45.2 Å². The number of likely N-dealkylation sites (N-methyl/N-ethyl adjacent to an activating group) is 1. The molecule has 116 valence electrons. The van der Waals surface area contributed by atoms with Gasteiger partial charge in [-0.15, -0.1) is 0 Å². The number of nitrogens with one attached hydrogen (secondary N) is 1. The number of amides is 1. The molecule has 2 rings (SSSR count). The van der Waals surface area contributed by atoms with Gasteiger partial charge >= 0.3 is 0 Å². The average Bonchev–Trinajstić information content (AvgIpc) is 2.49. The Labute approximate surface area is 126 Å². The number of carbonyl (C=O) groups is 1. The van der Waals surface area contributed by atoms with Crippen molar-refractivity contribution in [2.24, 2.45) is 5.92 Å². The van der Waals surface area contributed by atoms with E-state index in [9.17, 15) is 4.79 Å². The van der Waals surface area contributed by atoms with E-state index in [0.717, 1.165) is 44.0 Å². The third-order valence-electron chi connectivity index (χ3n) is 3.99. The van der Waals surface area contributed by atoms with Crippen molar-refractivity contribution in [2.45, 2.75) is 19.8 Å². The SMILES string of the molecule is CNC(=O)CN1CCC(CN(C)c2ncc(C)cn2)CC1. The summed E-state index contributed by atoms with van der Waals surface area (Å²) in [6.45, 7) is 5.45. The van der Waals surface area contributed by atoms with Gasteiger partial charge in [0.25, 0.3) is 0 Å². The molecule has 2 heterocycles. The van der Waals surface area contributed by atoms with Crippen LogP contribution in [0.25, 0.3) is 0 Å². The second-order valence-corrected chi connectivity index (χ2v) is 5.83. The minimum Gasteiger partial charge on any atom is -0.358 e. The summed E-state index contributed by atoms with van der Waals surface area (Å²) in [5, 5.41) is 2.68. The lowest BCUT2D eigenvalue weighted by atomic mass is 9.96. The number of piperidine rings is 1. The largest absolute Gasteiger partial charge is 0.358 e. The van der Waals surface area contributed by atoms with Crippen LogP contribution in [0.1, 0.15) is 18.4 Å². The van der Waals surface area contributed by atoms with E-state index in [1.54, 1.807) is 7.05 Å². The van der Waals surface area contributed by atoms with Crippen molar-refractivity contribution in [3.05, 3.63) is 18.0 Å². The monoisotopic (exact) mass is 291 g/mol. The Morgan fingerprint density at radius 2 is 2.00 bits per heavy atom. The minimum atomic E-state index is 0.0959. The second-order valence-electron chi connectivity index (χ2n) is 5.83. The normalized spacial score (nSPS) is 16.7. The zero-order valence-corrected chi connectivity index (χ0v) is 13.2. The summed E-state index contributed by atoms with van der Waals surface area (Å²) in [6.07, 6.45) is 5.94. The molecule has 1 aliphatic rings. The van der Waals surface area contributed by atoms with Gasteiger partial charge in [-0.3, -0.25) is 9.69 Å². The van der Waals surface area contributed by atoms with E-state index in [0.29, 0.717) is 12.5 Å². The van der Waals surface area contributed by atoms with Gasteiger partial charge in [0.05, 0.1) is 6.54 Å². The Hall–Kier alpha value is -1.69. The molecule has 1 aliphatic heterocycles. The highest BCUT2D eigenvalue weighted by Crippen LogP contribution is 2.19. The van der Waals surface area contributed by atoms with Crippen LogP contribution < -0.4 is 10.2 Å². The van der Waals surface area contributed by atoms with Gasteiger partial charge in [-0.25, -0.2) is 9.97 Å². The van der Waals surface area contributed by atoms with Gasteiger partial charge in [0.2, 0.25) is 11.9 Å². The van der Waals surface area contributed by atoms with E-state index in [2.05, 4.69) is 25.1 Å². The quantitative estimate of drug-likeness (QED) is 0.864. The summed E-state index contributed by atoms with van der Waals surface area (Å²) in [5.41, 5.74) is 1.08. The molecule has 0 aliphatic carbocycles. The number of rotatable bonds is 5. The number of carbonyl (C=O) groups excluding carboxylic acids is 1. The molecule has 1 aromatic rings. The molecular weight excluding hydrogens is 266 g/mol. The Balaban J connectivity index is 1.77. The summed E-state index contributed by atoms with van der Waals surface area (Å²) in [7, 11) is 3.73. The first-order valence-corrected chi connectivity index (χ1v) is 7.51. The lowest BCUT2D eigenvalue weighted by Gasteiger charge is -2.33. The van der Waals surface area contributed by atoms with Gasteiger partial charge in [0, 0.05) is 33.0 Å². The molecule has 0 radical (unpaired) electrons. The van der Waals surface area contributed by atoms with Crippen LogP contribution in [0.4, 0.5) is 5.95 Å². The molecule has 0 atom stereocenters. The molecule has 1 saturated heterocycles. The van der Waals surface area contributed by atoms with E-state index in [1.807, 2.05) is 26.4 Å². The maximum Gasteiger partial charge on any atom is 0.233 e. The third-order valence-corrected chi connectivity index (χ3v) is 3.99. The van der Waals surface area contributed by atoms with Crippen molar-refractivity contribution < 1.29 is 4.79 Å². The summed E-state index contributed by atoms with van der Waals surface area (Å²) < 4.78 is 0. The number of likely N-dealkylation sites (tertiary alicyclic amines) is 1. The highest BCUT2D eigenvalue weighted by atomic mass is 16.1. The number of nitrogens with zero attached hydrogens (tertiary/aromatic N) is 4. The van der Waals surface area contributed by atoms with E-state index in [-0.39, 0.29) is 5.91 Å².